The van der Waals surface area contributed by atoms with E-state index in [4.69, 9.17) is 13.9 Å². The molecule has 0 spiro atoms. The minimum absolute atomic E-state index is 0.146. The number of benzene rings is 2. The fraction of sp³-hybridized carbons (Fsp3) is 0.250. The zero-order valence-electron chi connectivity index (χ0n) is 17.2. The Morgan fingerprint density at radius 1 is 1.17 bits per heavy atom. The SMILES string of the molecule is COc1ccc2c(CC(=O)OCc3csc(-c4ccc(C(C)C)cc4)n3)coc2c1. The van der Waals surface area contributed by atoms with Crippen molar-refractivity contribution in [3.05, 3.63) is 70.9 Å². The summed E-state index contributed by atoms with van der Waals surface area (Å²) in [6, 6.07) is 14.0. The summed E-state index contributed by atoms with van der Waals surface area (Å²) in [5.74, 6) is 0.896. The second-order valence-corrected chi connectivity index (χ2v) is 8.24. The first kappa shape index (κ1) is 20.2. The van der Waals surface area contributed by atoms with Gasteiger partial charge in [0.15, 0.2) is 0 Å². The number of carbonyl (C=O) groups excluding carboxylic acids is 1. The first-order valence-corrected chi connectivity index (χ1v) is 10.7. The summed E-state index contributed by atoms with van der Waals surface area (Å²) < 4.78 is 16.2. The average molecular weight is 422 g/mol. The van der Waals surface area contributed by atoms with Gasteiger partial charge in [0.2, 0.25) is 0 Å². The molecular weight excluding hydrogens is 398 g/mol. The summed E-state index contributed by atoms with van der Waals surface area (Å²) in [6.45, 7) is 4.51. The quantitative estimate of drug-likeness (QED) is 0.344. The summed E-state index contributed by atoms with van der Waals surface area (Å²) in [5.41, 5.74) is 4.60. The van der Waals surface area contributed by atoms with E-state index in [1.165, 1.54) is 5.56 Å². The Labute approximate surface area is 179 Å². The van der Waals surface area contributed by atoms with Gasteiger partial charge in [-0.25, -0.2) is 4.98 Å². The van der Waals surface area contributed by atoms with Crippen LogP contribution in [0.25, 0.3) is 21.5 Å². The number of hydrogen-bond donors (Lipinski definition) is 0. The molecule has 154 valence electrons. The van der Waals surface area contributed by atoms with Crippen LogP contribution in [0.3, 0.4) is 0 Å². The standard InChI is InChI=1S/C24H23NO4S/c1-15(2)16-4-6-17(7-5-16)24-25-19(14-30-24)13-29-23(26)10-18-12-28-22-11-20(27-3)8-9-21(18)22/h4-9,11-12,14-15H,10,13H2,1-3H3. The van der Waals surface area contributed by atoms with E-state index in [9.17, 15) is 4.79 Å². The number of ether oxygens (including phenoxy) is 2. The fourth-order valence-corrected chi connectivity index (χ4v) is 4.02. The Morgan fingerprint density at radius 2 is 1.97 bits per heavy atom. The summed E-state index contributed by atoms with van der Waals surface area (Å²) in [4.78, 5) is 16.9. The number of esters is 1. The average Bonchev–Trinajstić information content (AvgIpc) is 3.39. The molecule has 30 heavy (non-hydrogen) atoms. The van der Waals surface area contributed by atoms with Gasteiger partial charge in [0.1, 0.15) is 22.9 Å². The molecule has 0 atom stereocenters. The van der Waals surface area contributed by atoms with Crippen molar-refractivity contribution in [2.45, 2.75) is 32.8 Å². The highest BCUT2D eigenvalue weighted by atomic mass is 32.1. The van der Waals surface area contributed by atoms with Crippen LogP contribution in [0.4, 0.5) is 0 Å². The molecular formula is C24H23NO4S. The first-order valence-electron chi connectivity index (χ1n) is 9.78. The molecule has 0 saturated carbocycles. The van der Waals surface area contributed by atoms with Crippen LogP contribution in [0, 0.1) is 0 Å². The van der Waals surface area contributed by atoms with Crippen LogP contribution in [-0.4, -0.2) is 18.1 Å². The van der Waals surface area contributed by atoms with E-state index >= 15 is 0 Å². The number of methoxy groups -OCH3 is 1. The first-order chi connectivity index (χ1) is 14.5. The maximum absolute atomic E-state index is 12.3. The van der Waals surface area contributed by atoms with Crippen molar-refractivity contribution in [2.75, 3.05) is 7.11 Å². The second kappa shape index (κ2) is 8.71. The van der Waals surface area contributed by atoms with Gasteiger partial charge in [-0.15, -0.1) is 11.3 Å². The lowest BCUT2D eigenvalue weighted by atomic mass is 10.0. The van der Waals surface area contributed by atoms with Crippen molar-refractivity contribution < 1.29 is 18.7 Å². The molecule has 0 saturated heterocycles. The molecule has 4 rings (SSSR count). The van der Waals surface area contributed by atoms with Crippen LogP contribution in [0.15, 0.2) is 58.5 Å². The third-order valence-corrected chi connectivity index (χ3v) is 5.89. The fourth-order valence-electron chi connectivity index (χ4n) is 3.20. The largest absolute Gasteiger partial charge is 0.497 e. The maximum atomic E-state index is 12.3. The predicted octanol–water partition coefficient (Wildman–Crippen LogP) is 5.97. The lowest BCUT2D eigenvalue weighted by Crippen LogP contribution is -2.07. The molecule has 0 radical (unpaired) electrons. The van der Waals surface area contributed by atoms with Gasteiger partial charge in [0.05, 0.1) is 25.5 Å². The number of hydrogen-bond acceptors (Lipinski definition) is 6. The van der Waals surface area contributed by atoms with Crippen LogP contribution in [0.2, 0.25) is 0 Å². The topological polar surface area (TPSA) is 61.6 Å². The Hall–Kier alpha value is -3.12. The van der Waals surface area contributed by atoms with Gasteiger partial charge >= 0.3 is 5.97 Å². The van der Waals surface area contributed by atoms with Crippen molar-refractivity contribution in [3.8, 4) is 16.3 Å². The van der Waals surface area contributed by atoms with E-state index in [1.807, 2.05) is 17.5 Å². The van der Waals surface area contributed by atoms with Gasteiger partial charge < -0.3 is 13.9 Å². The molecule has 0 aliphatic carbocycles. The van der Waals surface area contributed by atoms with Crippen molar-refractivity contribution in [1.82, 2.24) is 4.98 Å². The number of nitrogens with zero attached hydrogens (tertiary/aromatic N) is 1. The molecule has 4 aromatic rings. The Morgan fingerprint density at radius 3 is 2.70 bits per heavy atom. The molecule has 0 aliphatic rings. The van der Waals surface area contributed by atoms with Gasteiger partial charge in [-0.2, -0.15) is 0 Å². The zero-order chi connectivity index (χ0) is 21.1. The number of rotatable bonds is 7. The van der Waals surface area contributed by atoms with Gasteiger partial charge in [-0.3, -0.25) is 4.79 Å². The van der Waals surface area contributed by atoms with Gasteiger partial charge in [-0.05, 0) is 23.6 Å². The lowest BCUT2D eigenvalue weighted by molar-refractivity contribution is -0.144. The molecule has 0 aliphatic heterocycles. The maximum Gasteiger partial charge on any atom is 0.310 e. The van der Waals surface area contributed by atoms with E-state index in [2.05, 4.69) is 43.1 Å². The summed E-state index contributed by atoms with van der Waals surface area (Å²) in [6.07, 6.45) is 1.74. The molecule has 2 heterocycles. The molecule has 0 amide bonds. The van der Waals surface area contributed by atoms with Gasteiger partial charge in [0, 0.05) is 28.0 Å². The van der Waals surface area contributed by atoms with Crippen molar-refractivity contribution in [2.24, 2.45) is 0 Å². The van der Waals surface area contributed by atoms with Crippen molar-refractivity contribution in [3.63, 3.8) is 0 Å². The van der Waals surface area contributed by atoms with Crippen LogP contribution in [-0.2, 0) is 22.6 Å². The molecule has 5 nitrogen and oxygen atoms in total. The Bertz CT molecular complexity index is 1160. The Balaban J connectivity index is 1.36. The third-order valence-electron chi connectivity index (χ3n) is 4.95. The van der Waals surface area contributed by atoms with E-state index < -0.39 is 0 Å². The molecule has 0 unspecified atom stereocenters. The molecule has 0 fully saturated rings. The van der Waals surface area contributed by atoms with Gasteiger partial charge in [-0.1, -0.05) is 38.1 Å². The molecule has 0 N–H and O–H groups in total. The van der Waals surface area contributed by atoms with E-state index in [0.717, 1.165) is 27.2 Å². The Kier molecular flexibility index (Phi) is 5.86. The number of furan rings is 1. The number of fused-ring (bicyclic) bond motifs is 1. The number of carbonyl (C=O) groups is 1. The van der Waals surface area contributed by atoms with Crippen LogP contribution >= 0.6 is 11.3 Å². The van der Waals surface area contributed by atoms with Crippen molar-refractivity contribution in [1.29, 1.82) is 0 Å². The zero-order valence-corrected chi connectivity index (χ0v) is 18.0. The van der Waals surface area contributed by atoms with E-state index in [1.54, 1.807) is 30.8 Å². The number of thiazole rings is 1. The minimum atomic E-state index is -0.315. The predicted molar refractivity (Wildman–Crippen MR) is 118 cm³/mol. The summed E-state index contributed by atoms with van der Waals surface area (Å²) in [7, 11) is 1.60. The molecule has 0 bridgehead atoms. The molecule has 2 aromatic carbocycles. The lowest BCUT2D eigenvalue weighted by Gasteiger charge is -2.05. The summed E-state index contributed by atoms with van der Waals surface area (Å²) in [5, 5.41) is 3.73. The van der Waals surface area contributed by atoms with E-state index in [0.29, 0.717) is 17.3 Å². The normalized spacial score (nSPS) is 11.2. The van der Waals surface area contributed by atoms with Crippen LogP contribution in [0.1, 0.15) is 36.6 Å². The smallest absolute Gasteiger partial charge is 0.310 e. The molecule has 2 aromatic heterocycles. The number of aromatic nitrogens is 1. The van der Waals surface area contributed by atoms with Crippen LogP contribution in [0.5, 0.6) is 5.75 Å². The molecule has 6 heteroatoms. The highest BCUT2D eigenvalue weighted by molar-refractivity contribution is 7.13. The highest BCUT2D eigenvalue weighted by Gasteiger charge is 2.13. The van der Waals surface area contributed by atoms with Gasteiger partial charge in [0.25, 0.3) is 0 Å². The highest BCUT2D eigenvalue weighted by Crippen LogP contribution is 2.27. The summed E-state index contributed by atoms with van der Waals surface area (Å²) >= 11 is 1.55. The second-order valence-electron chi connectivity index (χ2n) is 7.38. The van der Waals surface area contributed by atoms with Crippen molar-refractivity contribution >= 4 is 28.3 Å². The monoisotopic (exact) mass is 421 g/mol. The third kappa shape index (κ3) is 4.39. The minimum Gasteiger partial charge on any atom is -0.497 e. The van der Waals surface area contributed by atoms with E-state index in [-0.39, 0.29) is 19.0 Å². The van der Waals surface area contributed by atoms with Crippen LogP contribution < -0.4 is 4.74 Å².